The molecule has 1 atom stereocenters. The van der Waals surface area contributed by atoms with Gasteiger partial charge in [0.25, 0.3) is 0 Å². The highest BCUT2D eigenvalue weighted by molar-refractivity contribution is 7.65. The third-order valence-corrected chi connectivity index (χ3v) is 0. The molecule has 64 valence electrons. The summed E-state index contributed by atoms with van der Waals surface area (Å²) in [6.45, 7) is 1.93. The van der Waals surface area contributed by atoms with E-state index in [0.29, 0.717) is 8.46 Å². The maximum Gasteiger partial charge on any atom is 0.104 e. The van der Waals surface area contributed by atoms with E-state index in [1.807, 2.05) is 6.66 Å². The molecule has 0 aromatic heterocycles. The highest BCUT2D eigenvalue weighted by atomic mass is 31.1. The maximum absolute atomic E-state index is 4.88. The lowest BCUT2D eigenvalue weighted by molar-refractivity contribution is 2.50. The van der Waals surface area contributed by atoms with Gasteiger partial charge in [-0.2, -0.15) is 8.46 Å². The van der Waals surface area contributed by atoms with E-state index in [1.54, 1.807) is 0 Å². The fraction of sp³-hybridized carbons (Fsp3) is 1.00. The minimum atomic E-state index is 0. The summed E-state index contributed by atoms with van der Waals surface area (Å²) in [4.78, 5) is 0. The van der Waals surface area contributed by atoms with Crippen LogP contribution in [0.2, 0.25) is 0 Å². The largest absolute Gasteiger partial charge is 0.175 e. The molecule has 0 aromatic carbocycles. The lowest BCUT2D eigenvalue weighted by atomic mass is 10.8. The van der Waals surface area contributed by atoms with Crippen molar-refractivity contribution < 1.29 is 0 Å². The second-order valence-corrected chi connectivity index (χ2v) is 0.866. The molecule has 2 radical (unpaired) electrons. The van der Waals surface area contributed by atoms with Crippen LogP contribution < -0.4 is 0 Å². The smallest absolute Gasteiger partial charge is 0.104 e. The standard InChI is InChI=1S/CH4BP.6CH4/c1-3-2;;;;;;/h3H,1H3;6*1H4. The third-order valence-electron chi connectivity index (χ3n) is 0. The Kier molecular flexibility index (Phi) is 2610. The summed E-state index contributed by atoms with van der Waals surface area (Å²) in [6.07, 6.45) is 0. The first-order valence-corrected chi connectivity index (χ1v) is 2.37. The van der Waals surface area contributed by atoms with E-state index in [4.69, 9.17) is 7.57 Å². The fourth-order valence-corrected chi connectivity index (χ4v) is 0. The molecule has 0 aliphatic heterocycles. The molecule has 0 nitrogen and oxygen atoms in total. The number of hydrogen-bond acceptors (Lipinski definition) is 0. The van der Waals surface area contributed by atoms with Crippen LogP contribution >= 0.6 is 8.46 Å². The molecule has 0 aliphatic carbocycles. The van der Waals surface area contributed by atoms with Crippen molar-refractivity contribution in [3.05, 3.63) is 0 Å². The van der Waals surface area contributed by atoms with Crippen LogP contribution in [0.1, 0.15) is 44.6 Å². The first kappa shape index (κ1) is 110. The second kappa shape index (κ2) is 214. The molecule has 0 heterocycles. The van der Waals surface area contributed by atoms with Crippen molar-refractivity contribution in [3.8, 4) is 0 Å². The molecule has 0 saturated heterocycles. The van der Waals surface area contributed by atoms with Crippen LogP contribution in [-0.2, 0) is 0 Å². The van der Waals surface area contributed by atoms with Gasteiger partial charge in [-0.05, 0) is 0 Å². The SMILES string of the molecule is C.C.C.C.C.C.[B]PC. The average Bonchev–Trinajstić information content (AvgIpc) is 0.918. The second-order valence-electron chi connectivity index (χ2n) is 0.289. The van der Waals surface area contributed by atoms with Crippen molar-refractivity contribution in [3.63, 3.8) is 0 Å². The topological polar surface area (TPSA) is 0 Å². The van der Waals surface area contributed by atoms with Gasteiger partial charge in [-0.15, -0.1) is 0 Å². The molecular formula is C7H28BP. The molecule has 2 heteroatoms. The quantitative estimate of drug-likeness (QED) is 0.362. The Labute approximate surface area is 68.0 Å². The van der Waals surface area contributed by atoms with Gasteiger partial charge >= 0.3 is 0 Å². The van der Waals surface area contributed by atoms with E-state index in [0.717, 1.165) is 0 Å². The van der Waals surface area contributed by atoms with Gasteiger partial charge in [0, 0.05) is 0 Å². The van der Waals surface area contributed by atoms with Gasteiger partial charge in [0.05, 0.1) is 0 Å². The lowest BCUT2D eigenvalue weighted by Crippen LogP contribution is -1.25. The van der Waals surface area contributed by atoms with Gasteiger partial charge in [0.1, 0.15) is 7.57 Å². The van der Waals surface area contributed by atoms with Crippen molar-refractivity contribution in [1.82, 2.24) is 0 Å². The van der Waals surface area contributed by atoms with Gasteiger partial charge in [0.15, 0.2) is 0 Å². The maximum atomic E-state index is 4.88. The van der Waals surface area contributed by atoms with Crippen molar-refractivity contribution in [2.24, 2.45) is 0 Å². The van der Waals surface area contributed by atoms with E-state index in [1.165, 1.54) is 0 Å². The average molecular weight is 154 g/mol. The first-order chi connectivity index (χ1) is 1.41. The summed E-state index contributed by atoms with van der Waals surface area (Å²) in [5, 5.41) is 0. The Morgan fingerprint density at radius 2 is 0.778 bits per heavy atom. The van der Waals surface area contributed by atoms with E-state index >= 15 is 0 Å². The van der Waals surface area contributed by atoms with Crippen LogP contribution in [0.15, 0.2) is 0 Å². The van der Waals surface area contributed by atoms with Crippen LogP contribution in [0.5, 0.6) is 0 Å². The van der Waals surface area contributed by atoms with Gasteiger partial charge in [-0.1, -0.05) is 51.2 Å². The molecule has 0 N–H and O–H groups in total. The number of rotatable bonds is 0. The van der Waals surface area contributed by atoms with E-state index in [2.05, 4.69) is 0 Å². The summed E-state index contributed by atoms with van der Waals surface area (Å²) >= 11 is 0. The van der Waals surface area contributed by atoms with Gasteiger partial charge in [-0.3, -0.25) is 0 Å². The van der Waals surface area contributed by atoms with Crippen LogP contribution in [0.4, 0.5) is 0 Å². The Morgan fingerprint density at radius 1 is 0.778 bits per heavy atom. The summed E-state index contributed by atoms with van der Waals surface area (Å²) in [6, 6.07) is 0. The molecule has 0 aliphatic rings. The van der Waals surface area contributed by atoms with Crippen molar-refractivity contribution in [2.45, 2.75) is 44.6 Å². The fourth-order valence-electron chi connectivity index (χ4n) is 0. The Bertz CT molecular complexity index is 8.88. The van der Waals surface area contributed by atoms with Crippen molar-refractivity contribution in [2.75, 3.05) is 6.66 Å². The molecule has 0 saturated carbocycles. The first-order valence-electron chi connectivity index (χ1n) is 0.789. The predicted octanol–water partition coefficient (Wildman–Crippen LogP) is 4.19. The lowest BCUT2D eigenvalue weighted by Gasteiger charge is -1.49. The Hall–Kier alpha value is 0.495. The normalized spacial score (nSPS) is 3.22. The van der Waals surface area contributed by atoms with Gasteiger partial charge in [-0.25, -0.2) is 0 Å². The molecule has 0 spiro atoms. The molecule has 0 bridgehead atoms. The summed E-state index contributed by atoms with van der Waals surface area (Å²) in [5.74, 6) is 0. The molecule has 0 rings (SSSR count). The van der Waals surface area contributed by atoms with E-state index in [9.17, 15) is 0 Å². The highest BCUT2D eigenvalue weighted by Gasteiger charge is 1.35. The zero-order valence-electron chi connectivity index (χ0n) is 2.08. The van der Waals surface area contributed by atoms with E-state index in [-0.39, 0.29) is 44.6 Å². The summed E-state index contributed by atoms with van der Waals surface area (Å²) in [5.41, 5.74) is 0. The molecule has 9 heavy (non-hydrogen) atoms. The minimum absolute atomic E-state index is 0. The van der Waals surface area contributed by atoms with Gasteiger partial charge < -0.3 is 0 Å². The minimum Gasteiger partial charge on any atom is -0.175 e. The van der Waals surface area contributed by atoms with Crippen LogP contribution in [0.3, 0.4) is 0 Å². The molecule has 1 unspecified atom stereocenters. The van der Waals surface area contributed by atoms with Gasteiger partial charge in [0.2, 0.25) is 0 Å². The summed E-state index contributed by atoms with van der Waals surface area (Å²) < 4.78 is 0. The van der Waals surface area contributed by atoms with Crippen molar-refractivity contribution >= 4 is 16.0 Å². The van der Waals surface area contributed by atoms with Crippen molar-refractivity contribution in [1.29, 1.82) is 0 Å². The Morgan fingerprint density at radius 3 is 0.778 bits per heavy atom. The van der Waals surface area contributed by atoms with Crippen LogP contribution in [-0.4, -0.2) is 14.2 Å². The number of hydrogen-bond donors (Lipinski definition) is 0. The van der Waals surface area contributed by atoms with E-state index < -0.39 is 0 Å². The van der Waals surface area contributed by atoms with Crippen LogP contribution in [0.25, 0.3) is 0 Å². The van der Waals surface area contributed by atoms with Crippen LogP contribution in [0, 0.1) is 0 Å². The molecule has 0 fully saturated rings. The summed E-state index contributed by atoms with van der Waals surface area (Å²) in [7, 11) is 5.46. The molecule has 0 amide bonds. The Balaban J connectivity index is -0.00000000133. The molecular weight excluding hydrogens is 126 g/mol. The monoisotopic (exact) mass is 154 g/mol. The molecule has 0 aromatic rings. The predicted molar refractivity (Wildman–Crippen MR) is 60.4 cm³/mol. The zero-order valence-corrected chi connectivity index (χ0v) is 3.08. The highest BCUT2D eigenvalue weighted by Crippen LogP contribution is 1.81. The third kappa shape index (κ3) is 1460. The zero-order chi connectivity index (χ0) is 2.71.